The molecule has 0 spiro atoms. The van der Waals surface area contributed by atoms with E-state index in [4.69, 9.17) is 9.47 Å². The van der Waals surface area contributed by atoms with Gasteiger partial charge in [-0.1, -0.05) is 30.3 Å². The van der Waals surface area contributed by atoms with E-state index in [9.17, 15) is 4.79 Å². The molecule has 3 rings (SSSR count). The molecule has 22 heavy (non-hydrogen) atoms. The number of methoxy groups -OCH3 is 1. The molecule has 0 saturated heterocycles. The van der Waals surface area contributed by atoms with Crippen molar-refractivity contribution >= 4 is 5.91 Å². The first kappa shape index (κ1) is 14.6. The Labute approximate surface area is 130 Å². The van der Waals surface area contributed by atoms with E-state index in [1.807, 2.05) is 18.2 Å². The van der Waals surface area contributed by atoms with E-state index in [0.717, 1.165) is 6.42 Å². The van der Waals surface area contributed by atoms with Crippen LogP contribution >= 0.6 is 0 Å². The van der Waals surface area contributed by atoms with Crippen molar-refractivity contribution in [2.75, 3.05) is 20.3 Å². The summed E-state index contributed by atoms with van der Waals surface area (Å²) >= 11 is 0. The summed E-state index contributed by atoms with van der Waals surface area (Å²) < 4.78 is 10.9. The Kier molecular flexibility index (Phi) is 4.39. The molecule has 1 heterocycles. The van der Waals surface area contributed by atoms with E-state index in [1.54, 1.807) is 25.3 Å². The van der Waals surface area contributed by atoms with Gasteiger partial charge in [0.15, 0.2) is 0 Å². The molecule has 1 N–H and O–H groups in total. The molecule has 0 saturated carbocycles. The van der Waals surface area contributed by atoms with Crippen molar-refractivity contribution < 1.29 is 14.3 Å². The van der Waals surface area contributed by atoms with Gasteiger partial charge in [0.05, 0.1) is 13.7 Å². The second-order valence-corrected chi connectivity index (χ2v) is 5.25. The highest BCUT2D eigenvalue weighted by molar-refractivity contribution is 5.94. The van der Waals surface area contributed by atoms with E-state index >= 15 is 0 Å². The first-order valence-electron chi connectivity index (χ1n) is 7.39. The van der Waals surface area contributed by atoms with Gasteiger partial charge in [0.2, 0.25) is 0 Å². The largest absolute Gasteiger partial charge is 0.497 e. The molecule has 114 valence electrons. The monoisotopic (exact) mass is 297 g/mol. The summed E-state index contributed by atoms with van der Waals surface area (Å²) in [6.45, 7) is 1.16. The number of rotatable bonds is 4. The van der Waals surface area contributed by atoms with Gasteiger partial charge in [-0.05, 0) is 35.7 Å². The first-order valence-corrected chi connectivity index (χ1v) is 7.39. The predicted octanol–water partition coefficient (Wildman–Crippen LogP) is 2.74. The Bertz CT molecular complexity index is 669. The number of fused-ring (bicyclic) bond motifs is 1. The minimum atomic E-state index is -0.120. The van der Waals surface area contributed by atoms with Crippen molar-refractivity contribution in [2.24, 2.45) is 0 Å². The molecule has 4 heteroatoms. The van der Waals surface area contributed by atoms with Gasteiger partial charge in [-0.2, -0.15) is 0 Å². The smallest absolute Gasteiger partial charge is 0.251 e. The summed E-state index contributed by atoms with van der Waals surface area (Å²) in [7, 11) is 1.59. The van der Waals surface area contributed by atoms with Crippen LogP contribution in [0.5, 0.6) is 5.75 Å². The lowest BCUT2D eigenvalue weighted by molar-refractivity contribution is 0.0411. The normalized spacial score (nSPS) is 16.7. The molecule has 0 aliphatic carbocycles. The van der Waals surface area contributed by atoms with Crippen LogP contribution in [0, 0.1) is 0 Å². The van der Waals surface area contributed by atoms with Crippen molar-refractivity contribution in [2.45, 2.75) is 12.5 Å². The number of carbonyl (C=O) groups excluding carboxylic acids is 1. The minimum absolute atomic E-state index is 0.0838. The number of nitrogens with one attached hydrogen (secondary N) is 1. The predicted molar refractivity (Wildman–Crippen MR) is 84.2 cm³/mol. The Morgan fingerprint density at radius 2 is 2.14 bits per heavy atom. The van der Waals surface area contributed by atoms with E-state index < -0.39 is 0 Å². The van der Waals surface area contributed by atoms with Crippen LogP contribution in [-0.2, 0) is 11.2 Å². The third-order valence-electron chi connectivity index (χ3n) is 3.87. The van der Waals surface area contributed by atoms with Crippen LogP contribution in [0.2, 0.25) is 0 Å². The fourth-order valence-electron chi connectivity index (χ4n) is 2.70. The third-order valence-corrected chi connectivity index (χ3v) is 3.87. The van der Waals surface area contributed by atoms with Gasteiger partial charge in [0.25, 0.3) is 5.91 Å². The molecule has 2 aromatic carbocycles. The van der Waals surface area contributed by atoms with Crippen molar-refractivity contribution in [3.63, 3.8) is 0 Å². The SMILES string of the molecule is COc1cccc(C(=O)NC[C@H]2OCCc3ccccc32)c1. The minimum Gasteiger partial charge on any atom is -0.497 e. The second kappa shape index (κ2) is 6.62. The molecule has 1 aliphatic rings. The summed E-state index contributed by atoms with van der Waals surface area (Å²) in [5, 5.41) is 2.94. The zero-order valence-corrected chi connectivity index (χ0v) is 12.5. The Hall–Kier alpha value is -2.33. The molecule has 4 nitrogen and oxygen atoms in total. The molecule has 0 radical (unpaired) electrons. The van der Waals surface area contributed by atoms with Crippen LogP contribution in [0.1, 0.15) is 27.6 Å². The quantitative estimate of drug-likeness (QED) is 0.944. The molecule has 0 bridgehead atoms. The zero-order valence-electron chi connectivity index (χ0n) is 12.5. The van der Waals surface area contributed by atoms with Gasteiger partial charge in [0.1, 0.15) is 11.9 Å². The Morgan fingerprint density at radius 1 is 1.27 bits per heavy atom. The van der Waals surface area contributed by atoms with E-state index in [0.29, 0.717) is 24.5 Å². The summed E-state index contributed by atoms with van der Waals surface area (Å²) in [6.07, 6.45) is 0.843. The number of hydrogen-bond donors (Lipinski definition) is 1. The number of amides is 1. The van der Waals surface area contributed by atoms with Crippen molar-refractivity contribution in [1.82, 2.24) is 5.32 Å². The Morgan fingerprint density at radius 3 is 3.00 bits per heavy atom. The van der Waals surface area contributed by atoms with Gasteiger partial charge in [-0.15, -0.1) is 0 Å². The van der Waals surface area contributed by atoms with Gasteiger partial charge in [-0.25, -0.2) is 0 Å². The number of hydrogen-bond acceptors (Lipinski definition) is 3. The summed E-state index contributed by atoms with van der Waals surface area (Å²) in [5.41, 5.74) is 3.05. The van der Waals surface area contributed by atoms with E-state index in [1.165, 1.54) is 11.1 Å². The second-order valence-electron chi connectivity index (χ2n) is 5.25. The fourth-order valence-corrected chi connectivity index (χ4v) is 2.70. The molecular formula is C18H19NO3. The van der Waals surface area contributed by atoms with Crippen molar-refractivity contribution in [3.8, 4) is 5.75 Å². The van der Waals surface area contributed by atoms with Crippen LogP contribution in [0.4, 0.5) is 0 Å². The van der Waals surface area contributed by atoms with Crippen molar-refractivity contribution in [3.05, 3.63) is 65.2 Å². The lowest BCUT2D eigenvalue weighted by Gasteiger charge is -2.26. The average Bonchev–Trinajstić information content (AvgIpc) is 2.59. The maximum atomic E-state index is 12.2. The molecule has 1 aliphatic heterocycles. The van der Waals surface area contributed by atoms with Gasteiger partial charge in [0, 0.05) is 12.1 Å². The number of ether oxygens (including phenoxy) is 2. The first-order chi connectivity index (χ1) is 10.8. The standard InChI is InChI=1S/C18H19NO3/c1-21-15-7-4-6-14(11-15)18(20)19-12-17-16-8-3-2-5-13(16)9-10-22-17/h2-8,11,17H,9-10,12H2,1H3,(H,19,20)/t17-/m1/s1. The maximum Gasteiger partial charge on any atom is 0.251 e. The Balaban J connectivity index is 1.67. The highest BCUT2D eigenvalue weighted by Crippen LogP contribution is 2.26. The third kappa shape index (κ3) is 3.12. The summed E-state index contributed by atoms with van der Waals surface area (Å²) in [4.78, 5) is 12.2. The summed E-state index contributed by atoms with van der Waals surface area (Å²) in [5.74, 6) is 0.553. The lowest BCUT2D eigenvalue weighted by Crippen LogP contribution is -2.31. The molecule has 1 atom stereocenters. The van der Waals surface area contributed by atoms with Gasteiger partial charge < -0.3 is 14.8 Å². The zero-order chi connectivity index (χ0) is 15.4. The fraction of sp³-hybridized carbons (Fsp3) is 0.278. The number of carbonyl (C=O) groups is 1. The van der Waals surface area contributed by atoms with E-state index in [2.05, 4.69) is 17.4 Å². The molecular weight excluding hydrogens is 278 g/mol. The summed E-state index contributed by atoms with van der Waals surface area (Å²) in [6, 6.07) is 15.3. The highest BCUT2D eigenvalue weighted by atomic mass is 16.5. The van der Waals surface area contributed by atoms with E-state index in [-0.39, 0.29) is 12.0 Å². The molecule has 0 unspecified atom stereocenters. The van der Waals surface area contributed by atoms with Crippen LogP contribution in [0.15, 0.2) is 48.5 Å². The van der Waals surface area contributed by atoms with Crippen LogP contribution in [0.25, 0.3) is 0 Å². The van der Waals surface area contributed by atoms with Crippen LogP contribution in [-0.4, -0.2) is 26.2 Å². The topological polar surface area (TPSA) is 47.6 Å². The average molecular weight is 297 g/mol. The maximum absolute atomic E-state index is 12.2. The molecule has 0 fully saturated rings. The molecule has 1 amide bonds. The molecule has 2 aromatic rings. The van der Waals surface area contributed by atoms with Gasteiger partial charge >= 0.3 is 0 Å². The van der Waals surface area contributed by atoms with Crippen molar-refractivity contribution in [1.29, 1.82) is 0 Å². The highest BCUT2D eigenvalue weighted by Gasteiger charge is 2.21. The van der Waals surface area contributed by atoms with Crippen LogP contribution < -0.4 is 10.1 Å². The van der Waals surface area contributed by atoms with Gasteiger partial charge in [-0.3, -0.25) is 4.79 Å². The lowest BCUT2D eigenvalue weighted by atomic mass is 9.97. The number of benzene rings is 2. The van der Waals surface area contributed by atoms with Crippen LogP contribution in [0.3, 0.4) is 0 Å². The molecule has 0 aromatic heterocycles.